The van der Waals surface area contributed by atoms with Crippen LogP contribution in [0.3, 0.4) is 0 Å². The van der Waals surface area contributed by atoms with Crippen LogP contribution in [0.2, 0.25) is 0 Å². The van der Waals surface area contributed by atoms with Gasteiger partial charge in [0.25, 0.3) is 5.79 Å². The summed E-state index contributed by atoms with van der Waals surface area (Å²) in [5, 5.41) is 2.69. The van der Waals surface area contributed by atoms with Gasteiger partial charge in [0, 0.05) is 27.7 Å². The van der Waals surface area contributed by atoms with Crippen molar-refractivity contribution in [1.82, 2.24) is 5.32 Å². The average molecular weight is 785 g/mol. The van der Waals surface area contributed by atoms with Crippen molar-refractivity contribution in [3.63, 3.8) is 0 Å². The molecule has 1 aliphatic heterocycles. The number of carbonyl (C=O) groups excluding carboxylic acids is 6. The lowest BCUT2D eigenvalue weighted by Crippen LogP contribution is -2.68. The normalized spacial score (nSPS) is 20.0. The van der Waals surface area contributed by atoms with E-state index in [-0.39, 0.29) is 39.5 Å². The number of ether oxygens (including phenoxy) is 9. The van der Waals surface area contributed by atoms with Crippen LogP contribution in [0.5, 0.6) is 5.75 Å². The number of benzene rings is 2. The quantitative estimate of drug-likeness (QED) is 0.0637. The number of methoxy groups -OCH3 is 1. The second-order valence-electron chi connectivity index (χ2n) is 12.5. The second kappa shape index (κ2) is 22.2. The molecule has 0 spiro atoms. The van der Waals surface area contributed by atoms with Gasteiger partial charge in [0.15, 0.2) is 12.2 Å². The van der Waals surface area contributed by atoms with Crippen molar-refractivity contribution in [1.29, 1.82) is 0 Å². The molecule has 3 rings (SSSR count). The number of terminal acetylenes is 1. The van der Waals surface area contributed by atoms with Gasteiger partial charge in [0.1, 0.15) is 24.6 Å². The van der Waals surface area contributed by atoms with Crippen LogP contribution >= 0.6 is 0 Å². The van der Waals surface area contributed by atoms with Gasteiger partial charge in [0.2, 0.25) is 5.91 Å². The Morgan fingerprint density at radius 2 is 1.46 bits per heavy atom. The summed E-state index contributed by atoms with van der Waals surface area (Å²) < 4.78 is 49.4. The van der Waals surface area contributed by atoms with Gasteiger partial charge in [0.05, 0.1) is 59.0 Å². The number of carbonyl (C=O) groups is 6. The summed E-state index contributed by atoms with van der Waals surface area (Å²) in [6.45, 7) is 4.43. The topological polar surface area (TPSA) is 224 Å². The first-order valence-electron chi connectivity index (χ1n) is 17.6. The van der Waals surface area contributed by atoms with Crippen molar-refractivity contribution in [3.8, 4) is 29.2 Å². The van der Waals surface area contributed by atoms with Crippen LogP contribution in [0.4, 0.5) is 0 Å². The minimum absolute atomic E-state index is 0.0422. The number of nitrogens with one attached hydrogen (secondary N) is 1. The summed E-state index contributed by atoms with van der Waals surface area (Å²) in [7, 11) is 1.08. The number of hydrogen-bond acceptors (Lipinski definition) is 16. The molecule has 304 valence electrons. The van der Waals surface area contributed by atoms with Crippen molar-refractivity contribution in [2.75, 3.05) is 46.7 Å². The minimum atomic E-state index is -2.27. The van der Waals surface area contributed by atoms with Crippen LogP contribution in [0.15, 0.2) is 48.5 Å². The molecule has 17 heteroatoms. The maximum atomic E-state index is 13.3. The van der Waals surface area contributed by atoms with Gasteiger partial charge >= 0.3 is 29.8 Å². The van der Waals surface area contributed by atoms with Crippen LogP contribution in [0.1, 0.15) is 39.7 Å². The smallest absolute Gasteiger partial charge is 0.366 e. The monoisotopic (exact) mass is 784 g/mol. The summed E-state index contributed by atoms with van der Waals surface area (Å²) in [6.07, 6.45) is -1.15. The molecule has 1 saturated heterocycles. The molecule has 3 N–H and O–H groups in total. The molecular weight excluding hydrogens is 736 g/mol. The summed E-state index contributed by atoms with van der Waals surface area (Å²) in [5.41, 5.74) is 8.90. The van der Waals surface area contributed by atoms with Crippen molar-refractivity contribution < 1.29 is 71.4 Å². The zero-order valence-corrected chi connectivity index (χ0v) is 31.9. The van der Waals surface area contributed by atoms with E-state index in [9.17, 15) is 28.8 Å². The molecule has 0 aromatic heterocycles. The first-order chi connectivity index (χ1) is 26.7. The molecule has 2 aromatic carbocycles. The molecule has 0 aliphatic carbocycles. The van der Waals surface area contributed by atoms with E-state index in [1.807, 2.05) is 12.1 Å². The predicted octanol–water partition coefficient (Wildman–Crippen LogP) is 1.40. The first-order valence-corrected chi connectivity index (χ1v) is 17.6. The SMILES string of the molecule is C#CCOCCOCCO[C@]1(C(=O)OC)C[C@H](OC(C)=O)[C@@H](N)[C@H]([C@H](OC(C)=O)[C@@H](CNC(=O)Cc2ccc(-c3ccc(OC(C)=O)cc3)cc2)OC(C)=O)O1. The third-order valence-electron chi connectivity index (χ3n) is 8.12. The van der Waals surface area contributed by atoms with Gasteiger partial charge in [-0.05, 0) is 28.8 Å². The van der Waals surface area contributed by atoms with Gasteiger partial charge in [-0.1, -0.05) is 42.3 Å². The molecule has 1 heterocycles. The Kier molecular flexibility index (Phi) is 17.9. The molecule has 0 saturated carbocycles. The van der Waals surface area contributed by atoms with Crippen LogP contribution < -0.4 is 15.8 Å². The molecule has 17 nitrogen and oxygen atoms in total. The largest absolute Gasteiger partial charge is 0.465 e. The highest BCUT2D eigenvalue weighted by Gasteiger charge is 2.58. The molecule has 6 atom stereocenters. The Hall–Kier alpha value is -5.38. The van der Waals surface area contributed by atoms with Crippen LogP contribution in [0.25, 0.3) is 11.1 Å². The number of rotatable bonds is 20. The van der Waals surface area contributed by atoms with Gasteiger partial charge < -0.3 is 53.7 Å². The molecule has 0 unspecified atom stereocenters. The first kappa shape index (κ1) is 45.0. The van der Waals surface area contributed by atoms with E-state index < -0.39 is 85.0 Å². The molecule has 0 bridgehead atoms. The second-order valence-corrected chi connectivity index (χ2v) is 12.5. The highest BCUT2D eigenvalue weighted by Crippen LogP contribution is 2.36. The standard InChI is InChI=1S/C39H48N2O15/c1-7-16-49-17-18-50-19-20-51-39(38(47)48-6)22-32(53-25(3)43)35(40)37(56-39)36(55-27(5)45)33(54-26(4)44)23-41-34(46)21-28-8-10-29(11-9-28)30-12-14-31(15-13-30)52-24(2)42/h1,8-15,32-33,35-37H,16-23,40H2,2-6H3,(H,41,46)/t32-,33+,35+,36+,37+,39+/m0/s1. The molecule has 56 heavy (non-hydrogen) atoms. The van der Waals surface area contributed by atoms with Crippen LogP contribution in [-0.2, 0) is 73.1 Å². The third-order valence-corrected chi connectivity index (χ3v) is 8.12. The fourth-order valence-corrected chi connectivity index (χ4v) is 5.78. The van der Waals surface area contributed by atoms with Gasteiger partial charge in [-0.2, -0.15) is 0 Å². The van der Waals surface area contributed by atoms with E-state index in [4.69, 9.17) is 54.8 Å². The van der Waals surface area contributed by atoms with Crippen LogP contribution in [-0.4, -0.2) is 119 Å². The average Bonchev–Trinajstić information content (AvgIpc) is 3.14. The Morgan fingerprint density at radius 1 is 0.857 bits per heavy atom. The summed E-state index contributed by atoms with van der Waals surface area (Å²) in [6, 6.07) is 12.8. The lowest BCUT2D eigenvalue weighted by atomic mass is 9.88. The van der Waals surface area contributed by atoms with E-state index in [1.54, 1.807) is 36.4 Å². The maximum Gasteiger partial charge on any atom is 0.366 e. The van der Waals surface area contributed by atoms with E-state index in [1.165, 1.54) is 6.92 Å². The zero-order chi connectivity index (χ0) is 41.3. The van der Waals surface area contributed by atoms with E-state index in [0.29, 0.717) is 11.3 Å². The Morgan fingerprint density at radius 3 is 2.04 bits per heavy atom. The predicted molar refractivity (Wildman–Crippen MR) is 195 cm³/mol. The number of esters is 5. The summed E-state index contributed by atoms with van der Waals surface area (Å²) >= 11 is 0. The highest BCUT2D eigenvalue weighted by molar-refractivity contribution is 5.79. The zero-order valence-electron chi connectivity index (χ0n) is 31.9. The van der Waals surface area contributed by atoms with Crippen LogP contribution in [0, 0.1) is 12.3 Å². The van der Waals surface area contributed by atoms with Gasteiger partial charge in [-0.15, -0.1) is 6.42 Å². The third kappa shape index (κ3) is 14.0. The molecule has 1 aliphatic rings. The molecule has 2 aromatic rings. The van der Waals surface area contributed by atoms with Gasteiger partial charge in [-0.3, -0.25) is 24.0 Å². The van der Waals surface area contributed by atoms with Crippen molar-refractivity contribution in [2.24, 2.45) is 5.73 Å². The molecule has 1 fully saturated rings. The number of nitrogens with two attached hydrogens (primary N) is 1. The fourth-order valence-electron chi connectivity index (χ4n) is 5.78. The lowest BCUT2D eigenvalue weighted by Gasteiger charge is -2.47. The lowest BCUT2D eigenvalue weighted by molar-refractivity contribution is -0.313. The van der Waals surface area contributed by atoms with Gasteiger partial charge in [-0.25, -0.2) is 4.79 Å². The number of amides is 1. The van der Waals surface area contributed by atoms with Crippen molar-refractivity contribution in [3.05, 3.63) is 54.1 Å². The summed E-state index contributed by atoms with van der Waals surface area (Å²) in [5.74, 6) is -3.88. The Balaban J connectivity index is 1.82. The van der Waals surface area contributed by atoms with E-state index in [0.717, 1.165) is 39.0 Å². The Bertz CT molecular complexity index is 1690. The minimum Gasteiger partial charge on any atom is -0.465 e. The highest BCUT2D eigenvalue weighted by atomic mass is 16.7. The molecular formula is C39H48N2O15. The fraction of sp³-hybridized carbons (Fsp3) is 0.487. The van der Waals surface area contributed by atoms with E-state index >= 15 is 0 Å². The number of hydrogen-bond donors (Lipinski definition) is 2. The summed E-state index contributed by atoms with van der Waals surface area (Å²) in [4.78, 5) is 74.8. The Labute approximate surface area is 324 Å². The van der Waals surface area contributed by atoms with Crippen molar-refractivity contribution in [2.45, 2.75) is 76.8 Å². The maximum absolute atomic E-state index is 13.3. The molecule has 1 amide bonds. The van der Waals surface area contributed by atoms with Crippen molar-refractivity contribution >= 4 is 35.8 Å². The molecule has 0 radical (unpaired) electrons. The van der Waals surface area contributed by atoms with E-state index in [2.05, 4.69) is 11.2 Å².